The van der Waals surface area contributed by atoms with Gasteiger partial charge >= 0.3 is 0 Å². The van der Waals surface area contributed by atoms with E-state index in [0.717, 1.165) is 8.95 Å². The van der Waals surface area contributed by atoms with Gasteiger partial charge in [0, 0.05) is 11.4 Å². The lowest BCUT2D eigenvalue weighted by atomic mass is 10.4. The maximum absolute atomic E-state index is 12.6. The number of aromatic nitrogens is 1. The van der Waals surface area contributed by atoms with Gasteiger partial charge in [-0.1, -0.05) is 18.2 Å². The van der Waals surface area contributed by atoms with Crippen LogP contribution in [0.2, 0.25) is 0 Å². The summed E-state index contributed by atoms with van der Waals surface area (Å²) in [6.45, 7) is 3.53. The Morgan fingerprint density at radius 3 is 1.83 bits per heavy atom. The highest BCUT2D eigenvalue weighted by Crippen LogP contribution is 2.34. The average molecular weight is 393 g/mol. The predicted octanol–water partition coefficient (Wildman–Crippen LogP) is 3.87. The molecule has 0 saturated heterocycles. The van der Waals surface area contributed by atoms with Gasteiger partial charge in [-0.2, -0.15) is 0 Å². The number of benzene rings is 1. The molecule has 0 saturated carbocycles. The van der Waals surface area contributed by atoms with E-state index >= 15 is 0 Å². The van der Waals surface area contributed by atoms with E-state index in [0.29, 0.717) is 11.4 Å². The van der Waals surface area contributed by atoms with Gasteiger partial charge in [0.25, 0.3) is 10.0 Å². The summed E-state index contributed by atoms with van der Waals surface area (Å²) in [7, 11) is -3.55. The molecule has 1 aromatic carbocycles. The van der Waals surface area contributed by atoms with Gasteiger partial charge in [-0.3, -0.25) is 0 Å². The lowest BCUT2D eigenvalue weighted by Crippen LogP contribution is -2.15. The fraction of sp³-hybridized carbons (Fsp3) is 0.167. The zero-order chi connectivity index (χ0) is 13.5. The monoisotopic (exact) mass is 391 g/mol. The Bertz CT molecular complexity index is 665. The molecule has 3 nitrogen and oxygen atoms in total. The van der Waals surface area contributed by atoms with Crippen molar-refractivity contribution in [1.82, 2.24) is 3.97 Å². The summed E-state index contributed by atoms with van der Waals surface area (Å²) in [6.07, 6.45) is 0. The molecule has 0 fully saturated rings. The Kier molecular flexibility index (Phi) is 3.71. The van der Waals surface area contributed by atoms with E-state index in [2.05, 4.69) is 31.9 Å². The minimum absolute atomic E-state index is 0.284. The van der Waals surface area contributed by atoms with Gasteiger partial charge in [-0.25, -0.2) is 12.4 Å². The minimum Gasteiger partial charge on any atom is -0.241 e. The first-order valence-corrected chi connectivity index (χ1v) is 8.23. The van der Waals surface area contributed by atoms with Crippen molar-refractivity contribution < 1.29 is 8.42 Å². The summed E-state index contributed by atoms with van der Waals surface area (Å²) >= 11 is 6.77. The van der Waals surface area contributed by atoms with Crippen molar-refractivity contribution in [2.45, 2.75) is 18.7 Å². The SMILES string of the molecule is Cc1c(Br)c(Br)c(C)n1S(=O)(=O)c1ccccc1. The molecule has 2 aromatic rings. The number of hydrogen-bond donors (Lipinski definition) is 0. The predicted molar refractivity (Wildman–Crippen MR) is 78.3 cm³/mol. The van der Waals surface area contributed by atoms with Gasteiger partial charge in [-0.05, 0) is 57.8 Å². The van der Waals surface area contributed by atoms with Crippen LogP contribution in [0.3, 0.4) is 0 Å². The van der Waals surface area contributed by atoms with Crippen LogP contribution in [0.4, 0.5) is 0 Å². The Morgan fingerprint density at radius 1 is 0.944 bits per heavy atom. The van der Waals surface area contributed by atoms with Crippen LogP contribution >= 0.6 is 31.9 Å². The summed E-state index contributed by atoms with van der Waals surface area (Å²) in [5.74, 6) is 0. The van der Waals surface area contributed by atoms with Crippen LogP contribution in [0.15, 0.2) is 44.2 Å². The van der Waals surface area contributed by atoms with Crippen molar-refractivity contribution in [3.8, 4) is 0 Å². The molecule has 0 spiro atoms. The molecule has 0 aliphatic rings. The van der Waals surface area contributed by atoms with Crippen molar-refractivity contribution in [1.29, 1.82) is 0 Å². The summed E-state index contributed by atoms with van der Waals surface area (Å²) in [5.41, 5.74) is 1.31. The van der Waals surface area contributed by atoms with Crippen LogP contribution in [0.1, 0.15) is 11.4 Å². The van der Waals surface area contributed by atoms with Gasteiger partial charge < -0.3 is 0 Å². The average Bonchev–Trinajstić information content (AvgIpc) is 2.55. The second kappa shape index (κ2) is 4.83. The quantitative estimate of drug-likeness (QED) is 0.778. The van der Waals surface area contributed by atoms with Crippen molar-refractivity contribution in [2.75, 3.05) is 0 Å². The molecular weight excluding hydrogens is 382 g/mol. The summed E-state index contributed by atoms with van der Waals surface area (Å²) in [6, 6.07) is 8.41. The van der Waals surface area contributed by atoms with Crippen molar-refractivity contribution in [2.24, 2.45) is 0 Å². The van der Waals surface area contributed by atoms with Crippen molar-refractivity contribution in [3.05, 3.63) is 50.7 Å². The summed E-state index contributed by atoms with van der Waals surface area (Å²) < 4.78 is 28.0. The van der Waals surface area contributed by atoms with E-state index in [1.807, 2.05) is 0 Å². The highest BCUT2D eigenvalue weighted by atomic mass is 79.9. The van der Waals surface area contributed by atoms with Gasteiger partial charge in [-0.15, -0.1) is 0 Å². The largest absolute Gasteiger partial charge is 0.268 e. The third-order valence-corrected chi connectivity index (χ3v) is 7.09. The van der Waals surface area contributed by atoms with Crippen LogP contribution < -0.4 is 0 Å². The molecule has 6 heteroatoms. The molecule has 18 heavy (non-hydrogen) atoms. The van der Waals surface area contributed by atoms with Gasteiger partial charge in [0.15, 0.2) is 0 Å². The fourth-order valence-electron chi connectivity index (χ4n) is 1.81. The van der Waals surface area contributed by atoms with Crippen LogP contribution in [0.5, 0.6) is 0 Å². The molecule has 2 rings (SSSR count). The van der Waals surface area contributed by atoms with Gasteiger partial charge in [0.1, 0.15) is 0 Å². The Hall–Kier alpha value is -0.590. The molecule has 0 bridgehead atoms. The number of halogens is 2. The van der Waals surface area contributed by atoms with E-state index < -0.39 is 10.0 Å². The Labute approximate surface area is 123 Å². The van der Waals surface area contributed by atoms with Crippen LogP contribution in [0, 0.1) is 13.8 Å². The first kappa shape index (κ1) is 13.8. The molecule has 0 radical (unpaired) electrons. The zero-order valence-electron chi connectivity index (χ0n) is 9.81. The van der Waals surface area contributed by atoms with Crippen LogP contribution in [0.25, 0.3) is 0 Å². The van der Waals surface area contributed by atoms with E-state index in [4.69, 9.17) is 0 Å². The molecule has 0 amide bonds. The second-order valence-electron chi connectivity index (χ2n) is 3.88. The van der Waals surface area contributed by atoms with Crippen molar-refractivity contribution in [3.63, 3.8) is 0 Å². The Morgan fingerprint density at radius 2 is 1.39 bits per heavy atom. The molecule has 96 valence electrons. The van der Waals surface area contributed by atoms with E-state index in [9.17, 15) is 8.42 Å². The summed E-state index contributed by atoms with van der Waals surface area (Å²) in [5, 5.41) is 0. The third-order valence-electron chi connectivity index (χ3n) is 2.72. The van der Waals surface area contributed by atoms with Crippen LogP contribution in [-0.4, -0.2) is 12.4 Å². The topological polar surface area (TPSA) is 39.1 Å². The first-order valence-electron chi connectivity index (χ1n) is 5.21. The number of hydrogen-bond acceptors (Lipinski definition) is 2. The smallest absolute Gasteiger partial charge is 0.241 e. The highest BCUT2D eigenvalue weighted by Gasteiger charge is 2.24. The molecule has 0 atom stereocenters. The molecule has 1 aromatic heterocycles. The molecule has 0 aliphatic heterocycles. The molecule has 0 unspecified atom stereocenters. The normalized spacial score (nSPS) is 11.8. The van der Waals surface area contributed by atoms with E-state index in [1.165, 1.54) is 3.97 Å². The lowest BCUT2D eigenvalue weighted by molar-refractivity contribution is 0.585. The lowest BCUT2D eigenvalue weighted by Gasteiger charge is -2.10. The summed E-state index contributed by atoms with van der Waals surface area (Å²) in [4.78, 5) is 0.284. The Balaban J connectivity index is 2.74. The first-order chi connectivity index (χ1) is 8.37. The van der Waals surface area contributed by atoms with E-state index in [1.54, 1.807) is 44.2 Å². The molecular formula is C12H11Br2NO2S. The van der Waals surface area contributed by atoms with Gasteiger partial charge in [0.2, 0.25) is 0 Å². The molecule has 0 N–H and O–H groups in total. The third kappa shape index (κ3) is 2.06. The molecule has 1 heterocycles. The maximum atomic E-state index is 12.6. The number of nitrogens with zero attached hydrogens (tertiary/aromatic N) is 1. The fourth-order valence-corrected chi connectivity index (χ4v) is 4.58. The number of rotatable bonds is 2. The van der Waals surface area contributed by atoms with Crippen LogP contribution in [-0.2, 0) is 10.0 Å². The highest BCUT2D eigenvalue weighted by molar-refractivity contribution is 9.13. The maximum Gasteiger partial charge on any atom is 0.268 e. The second-order valence-corrected chi connectivity index (χ2v) is 7.25. The minimum atomic E-state index is -3.55. The van der Waals surface area contributed by atoms with Gasteiger partial charge in [0.05, 0.1) is 13.8 Å². The van der Waals surface area contributed by atoms with Crippen molar-refractivity contribution >= 4 is 41.9 Å². The zero-order valence-corrected chi connectivity index (χ0v) is 13.8. The standard InChI is InChI=1S/C12H11Br2NO2S/c1-8-11(13)12(14)9(2)15(8)18(16,17)10-6-4-3-5-7-10/h3-7H,1-2H3. The van der Waals surface area contributed by atoms with E-state index in [-0.39, 0.29) is 4.90 Å². The molecule has 0 aliphatic carbocycles.